The zero-order valence-electron chi connectivity index (χ0n) is 15.5. The van der Waals surface area contributed by atoms with E-state index in [2.05, 4.69) is 15.2 Å². The maximum absolute atomic E-state index is 12.7. The van der Waals surface area contributed by atoms with Crippen molar-refractivity contribution in [2.75, 3.05) is 39.4 Å². The van der Waals surface area contributed by atoms with Gasteiger partial charge >= 0.3 is 0 Å². The lowest BCUT2D eigenvalue weighted by Crippen LogP contribution is -2.50. The molecule has 0 atom stereocenters. The van der Waals surface area contributed by atoms with Crippen molar-refractivity contribution in [2.24, 2.45) is 5.41 Å². The van der Waals surface area contributed by atoms with Crippen LogP contribution in [0.2, 0.25) is 0 Å². The summed E-state index contributed by atoms with van der Waals surface area (Å²) < 4.78 is 7.00. The Morgan fingerprint density at radius 1 is 1.26 bits per heavy atom. The van der Waals surface area contributed by atoms with E-state index in [9.17, 15) is 9.59 Å². The summed E-state index contributed by atoms with van der Waals surface area (Å²) in [6, 6.07) is 0. The topological polar surface area (TPSA) is 75.9 Å². The maximum Gasteiger partial charge on any atom is 0.271 e. The molecule has 0 radical (unpaired) electrons. The Bertz CT molecular complexity index is 850. The molecule has 2 fully saturated rings. The fraction of sp³-hybridized carbons (Fsp3) is 0.632. The van der Waals surface area contributed by atoms with Crippen LogP contribution in [0.1, 0.15) is 42.5 Å². The van der Waals surface area contributed by atoms with Crippen molar-refractivity contribution in [1.82, 2.24) is 19.6 Å². The molecule has 2 aliphatic rings. The second-order valence-corrected chi connectivity index (χ2v) is 8.54. The number of hydrogen-bond acceptors (Lipinski definition) is 6. The summed E-state index contributed by atoms with van der Waals surface area (Å²) in [5, 5.41) is 4.82. The van der Waals surface area contributed by atoms with E-state index in [4.69, 9.17) is 4.74 Å². The number of amides is 1. The van der Waals surface area contributed by atoms with Crippen LogP contribution in [0, 0.1) is 5.41 Å². The summed E-state index contributed by atoms with van der Waals surface area (Å²) in [7, 11) is 0. The van der Waals surface area contributed by atoms with Gasteiger partial charge in [-0.15, -0.1) is 11.3 Å². The minimum atomic E-state index is -0.336. The number of aromatic nitrogens is 2. The molecule has 4 heterocycles. The zero-order valence-corrected chi connectivity index (χ0v) is 16.3. The monoisotopic (exact) mass is 390 g/mol. The number of nitrogens with zero attached hydrogens (tertiary/aromatic N) is 3. The van der Waals surface area contributed by atoms with Crippen LogP contribution in [0.25, 0.3) is 4.96 Å². The highest BCUT2D eigenvalue weighted by molar-refractivity contribution is 7.15. The molecule has 2 saturated heterocycles. The van der Waals surface area contributed by atoms with Gasteiger partial charge in [0.1, 0.15) is 5.56 Å². The van der Waals surface area contributed by atoms with Gasteiger partial charge in [-0.05, 0) is 38.8 Å². The smallest absolute Gasteiger partial charge is 0.271 e. The van der Waals surface area contributed by atoms with Crippen molar-refractivity contribution in [3.8, 4) is 0 Å². The van der Waals surface area contributed by atoms with Crippen LogP contribution < -0.4 is 10.9 Å². The highest BCUT2D eigenvalue weighted by Crippen LogP contribution is 2.32. The summed E-state index contributed by atoms with van der Waals surface area (Å²) >= 11 is 1.38. The Kier molecular flexibility index (Phi) is 5.56. The van der Waals surface area contributed by atoms with E-state index >= 15 is 0 Å². The van der Waals surface area contributed by atoms with Gasteiger partial charge in [-0.2, -0.15) is 0 Å². The Morgan fingerprint density at radius 3 is 2.81 bits per heavy atom. The summed E-state index contributed by atoms with van der Waals surface area (Å²) in [5.41, 5.74) is -0.191. The Balaban J connectivity index is 1.46. The number of thiazole rings is 1. The molecule has 2 aromatic rings. The van der Waals surface area contributed by atoms with Crippen LogP contribution in [0.3, 0.4) is 0 Å². The van der Waals surface area contributed by atoms with E-state index in [1.54, 1.807) is 11.6 Å². The molecule has 2 aliphatic heterocycles. The van der Waals surface area contributed by atoms with Crippen LogP contribution in [0.4, 0.5) is 0 Å². The molecule has 0 spiro atoms. The Hall–Kier alpha value is -1.77. The first-order chi connectivity index (χ1) is 13.2. The molecule has 8 heteroatoms. The zero-order chi connectivity index (χ0) is 18.7. The molecular weight excluding hydrogens is 364 g/mol. The van der Waals surface area contributed by atoms with Gasteiger partial charge in [0.15, 0.2) is 4.96 Å². The van der Waals surface area contributed by atoms with Gasteiger partial charge in [0.25, 0.3) is 11.5 Å². The standard InChI is InChI=1S/C19H26N4O3S/c24-16(15-12-20-18-23(17(15)25)8-11-27-18)21-13-19(4-9-26-10-5-19)14-22-6-2-1-3-7-22/h8,11-12H,1-7,9-10,13-14H2,(H,21,24). The summed E-state index contributed by atoms with van der Waals surface area (Å²) in [4.78, 5) is 32.6. The summed E-state index contributed by atoms with van der Waals surface area (Å²) in [5.74, 6) is -0.336. The normalized spacial score (nSPS) is 20.6. The summed E-state index contributed by atoms with van der Waals surface area (Å²) in [6.07, 6.45) is 8.73. The highest BCUT2D eigenvalue weighted by Gasteiger charge is 2.35. The van der Waals surface area contributed by atoms with Crippen molar-refractivity contribution in [3.05, 3.63) is 33.7 Å². The van der Waals surface area contributed by atoms with Crippen molar-refractivity contribution >= 4 is 22.2 Å². The van der Waals surface area contributed by atoms with E-state index < -0.39 is 0 Å². The molecule has 27 heavy (non-hydrogen) atoms. The fourth-order valence-electron chi connectivity index (χ4n) is 4.13. The third kappa shape index (κ3) is 4.07. The number of nitrogens with one attached hydrogen (secondary N) is 1. The number of rotatable bonds is 5. The minimum Gasteiger partial charge on any atom is -0.381 e. The van der Waals surface area contributed by atoms with Crippen molar-refractivity contribution < 1.29 is 9.53 Å². The second kappa shape index (κ2) is 8.08. The van der Waals surface area contributed by atoms with Crippen LogP contribution >= 0.6 is 11.3 Å². The lowest BCUT2D eigenvalue weighted by Gasteiger charge is -2.42. The average molecular weight is 391 g/mol. The number of hydrogen-bond donors (Lipinski definition) is 1. The number of piperidine rings is 1. The van der Waals surface area contributed by atoms with Gasteiger partial charge in [0.05, 0.1) is 0 Å². The van der Waals surface area contributed by atoms with Crippen LogP contribution in [0.5, 0.6) is 0 Å². The molecule has 4 rings (SSSR count). The SMILES string of the molecule is O=C(NCC1(CN2CCCCC2)CCOCC1)c1cnc2sccn2c1=O. The average Bonchev–Trinajstić information content (AvgIpc) is 3.18. The molecule has 0 bridgehead atoms. The van der Waals surface area contributed by atoms with E-state index in [-0.39, 0.29) is 22.4 Å². The van der Waals surface area contributed by atoms with Gasteiger partial charge in [-0.1, -0.05) is 6.42 Å². The lowest BCUT2D eigenvalue weighted by molar-refractivity contribution is -0.00672. The van der Waals surface area contributed by atoms with Gasteiger partial charge < -0.3 is 15.0 Å². The fourth-order valence-corrected chi connectivity index (χ4v) is 4.81. The molecule has 0 aliphatic carbocycles. The molecule has 146 valence electrons. The van der Waals surface area contributed by atoms with Gasteiger partial charge in [-0.3, -0.25) is 14.0 Å². The molecule has 1 N–H and O–H groups in total. The van der Waals surface area contributed by atoms with Gasteiger partial charge in [-0.25, -0.2) is 4.98 Å². The van der Waals surface area contributed by atoms with E-state index in [0.29, 0.717) is 11.5 Å². The molecule has 0 saturated carbocycles. The van der Waals surface area contributed by atoms with Crippen LogP contribution in [-0.2, 0) is 4.74 Å². The Morgan fingerprint density at radius 2 is 2.04 bits per heavy atom. The first-order valence-electron chi connectivity index (χ1n) is 9.70. The molecule has 0 unspecified atom stereocenters. The molecular formula is C19H26N4O3S. The molecule has 0 aromatic carbocycles. The van der Waals surface area contributed by atoms with Crippen molar-refractivity contribution in [3.63, 3.8) is 0 Å². The molecule has 1 amide bonds. The van der Waals surface area contributed by atoms with Crippen molar-refractivity contribution in [2.45, 2.75) is 32.1 Å². The Labute approximate surface area is 162 Å². The predicted molar refractivity (Wildman–Crippen MR) is 104 cm³/mol. The minimum absolute atomic E-state index is 0.0152. The number of carbonyl (C=O) groups is 1. The second-order valence-electron chi connectivity index (χ2n) is 7.66. The van der Waals surface area contributed by atoms with Gasteiger partial charge in [0, 0.05) is 49.5 Å². The van der Waals surface area contributed by atoms with Gasteiger partial charge in [0.2, 0.25) is 0 Å². The largest absolute Gasteiger partial charge is 0.381 e. The summed E-state index contributed by atoms with van der Waals surface area (Å²) in [6.45, 7) is 5.28. The first kappa shape index (κ1) is 18.6. The van der Waals surface area contributed by atoms with E-state index in [1.807, 2.05) is 0 Å². The molecule has 7 nitrogen and oxygen atoms in total. The highest BCUT2D eigenvalue weighted by atomic mass is 32.1. The first-order valence-corrected chi connectivity index (χ1v) is 10.6. The van der Waals surface area contributed by atoms with E-state index in [1.165, 1.54) is 41.2 Å². The number of likely N-dealkylation sites (tertiary alicyclic amines) is 1. The third-order valence-corrected chi connectivity index (χ3v) is 6.54. The number of fused-ring (bicyclic) bond motifs is 1. The van der Waals surface area contributed by atoms with E-state index in [0.717, 1.165) is 45.7 Å². The quantitative estimate of drug-likeness (QED) is 0.842. The lowest BCUT2D eigenvalue weighted by atomic mass is 9.79. The predicted octanol–water partition coefficient (Wildman–Crippen LogP) is 1.77. The van der Waals surface area contributed by atoms with Crippen LogP contribution in [0.15, 0.2) is 22.6 Å². The van der Waals surface area contributed by atoms with Crippen molar-refractivity contribution in [1.29, 1.82) is 0 Å². The maximum atomic E-state index is 12.7. The molecule has 2 aromatic heterocycles. The number of ether oxygens (including phenoxy) is 1. The number of carbonyl (C=O) groups excluding carboxylic acids is 1. The third-order valence-electron chi connectivity index (χ3n) is 5.77. The van der Waals surface area contributed by atoms with Crippen LogP contribution in [-0.4, -0.2) is 59.6 Å².